The van der Waals surface area contributed by atoms with Crippen molar-refractivity contribution < 1.29 is 0 Å². The molecule has 6 nitrogen and oxygen atoms in total. The lowest BCUT2D eigenvalue weighted by Crippen LogP contribution is -2.38. The lowest BCUT2D eigenvalue weighted by Gasteiger charge is -2.33. The summed E-state index contributed by atoms with van der Waals surface area (Å²) in [5, 5.41) is 17.0. The number of nitrogens with zero attached hydrogens (tertiary/aromatic N) is 5. The molecule has 2 aliphatic heterocycles. The van der Waals surface area contributed by atoms with Crippen molar-refractivity contribution in [1.82, 2.24) is 25.1 Å². The second-order valence-corrected chi connectivity index (χ2v) is 6.30. The van der Waals surface area contributed by atoms with Crippen LogP contribution in [0.2, 0.25) is 0 Å². The number of fused-ring (bicyclic) bond motifs is 1. The highest BCUT2D eigenvalue weighted by molar-refractivity contribution is 7.20. The molecule has 0 atom stereocenters. The van der Waals surface area contributed by atoms with Gasteiger partial charge in [-0.15, -0.1) is 15.3 Å². The highest BCUT2D eigenvalue weighted by Crippen LogP contribution is 2.41. The Morgan fingerprint density at radius 3 is 3.00 bits per heavy atom. The van der Waals surface area contributed by atoms with Gasteiger partial charge in [-0.25, -0.2) is 0 Å². The van der Waals surface area contributed by atoms with Crippen molar-refractivity contribution >= 4 is 21.4 Å². The summed E-state index contributed by atoms with van der Waals surface area (Å²) in [4.78, 5) is 3.31. The first-order chi connectivity index (χ1) is 8.85. The first-order valence-electron chi connectivity index (χ1n) is 6.47. The second-order valence-electron chi connectivity index (χ2n) is 5.36. The van der Waals surface area contributed by atoms with E-state index in [9.17, 15) is 0 Å². The van der Waals surface area contributed by atoms with Crippen LogP contribution in [0.5, 0.6) is 0 Å². The minimum absolute atomic E-state index is 0.525. The van der Waals surface area contributed by atoms with Crippen LogP contribution in [0, 0.1) is 5.41 Å². The van der Waals surface area contributed by atoms with E-state index in [0.29, 0.717) is 5.41 Å². The van der Waals surface area contributed by atoms with E-state index in [0.717, 1.165) is 23.2 Å². The fourth-order valence-corrected chi connectivity index (χ4v) is 3.99. The van der Waals surface area contributed by atoms with Crippen molar-refractivity contribution in [3.8, 4) is 0 Å². The van der Waals surface area contributed by atoms with Gasteiger partial charge in [0.15, 0.2) is 0 Å². The summed E-state index contributed by atoms with van der Waals surface area (Å²) in [7, 11) is 0. The van der Waals surface area contributed by atoms with E-state index in [1.165, 1.54) is 32.4 Å². The Kier molecular flexibility index (Phi) is 2.31. The highest BCUT2D eigenvalue weighted by atomic mass is 32.1. The zero-order valence-corrected chi connectivity index (χ0v) is 11.0. The van der Waals surface area contributed by atoms with Gasteiger partial charge in [-0.3, -0.25) is 0 Å². The molecule has 0 unspecified atom stereocenters. The molecule has 1 spiro atoms. The summed E-state index contributed by atoms with van der Waals surface area (Å²) in [6.45, 7) is 4.61. The number of hydrogen-bond acceptors (Lipinski definition) is 6. The van der Waals surface area contributed by atoms with Crippen molar-refractivity contribution in [2.45, 2.75) is 19.3 Å². The Morgan fingerprint density at radius 1 is 1.28 bits per heavy atom. The van der Waals surface area contributed by atoms with Crippen LogP contribution in [0.1, 0.15) is 19.3 Å². The zero-order chi connectivity index (χ0) is 12.0. The predicted octanol–water partition coefficient (Wildman–Crippen LogP) is 0.766. The third kappa shape index (κ3) is 1.61. The van der Waals surface area contributed by atoms with Crippen LogP contribution in [-0.4, -0.2) is 46.0 Å². The molecule has 1 N–H and O–H groups in total. The first-order valence-corrected chi connectivity index (χ1v) is 7.29. The number of piperidine rings is 1. The number of rotatable bonds is 1. The third-order valence-electron chi connectivity index (χ3n) is 4.25. The van der Waals surface area contributed by atoms with E-state index >= 15 is 0 Å². The van der Waals surface area contributed by atoms with E-state index < -0.39 is 0 Å². The topological polar surface area (TPSA) is 58.4 Å². The van der Waals surface area contributed by atoms with Crippen LogP contribution in [-0.2, 0) is 0 Å². The van der Waals surface area contributed by atoms with Crippen molar-refractivity contribution in [2.75, 3.05) is 31.1 Å². The summed E-state index contributed by atoms with van der Waals surface area (Å²) < 4.78 is 1.77. The quantitative estimate of drug-likeness (QED) is 0.824. The summed E-state index contributed by atoms with van der Waals surface area (Å²) in [5.74, 6) is 0. The maximum atomic E-state index is 4.55. The van der Waals surface area contributed by atoms with Gasteiger partial charge < -0.3 is 10.2 Å². The molecule has 4 heterocycles. The van der Waals surface area contributed by atoms with Gasteiger partial charge in [-0.1, -0.05) is 11.3 Å². The highest BCUT2D eigenvalue weighted by Gasteiger charge is 2.39. The molecule has 96 valence electrons. The van der Waals surface area contributed by atoms with Gasteiger partial charge in [0.1, 0.15) is 6.33 Å². The van der Waals surface area contributed by atoms with Gasteiger partial charge in [0.25, 0.3) is 0 Å². The van der Waals surface area contributed by atoms with E-state index in [1.807, 2.05) is 0 Å². The molecule has 0 saturated carbocycles. The standard InChI is InChI=1S/C11H16N6S/c1-4-12-5-2-11(1)3-6-16(7-11)10-15-17-8-13-14-9(17)18-10/h8,12H,1-7H2. The molecule has 4 rings (SSSR count). The molecule has 0 radical (unpaired) electrons. The van der Waals surface area contributed by atoms with Crippen LogP contribution < -0.4 is 10.2 Å². The minimum atomic E-state index is 0.525. The van der Waals surface area contributed by atoms with Crippen molar-refractivity contribution in [1.29, 1.82) is 0 Å². The van der Waals surface area contributed by atoms with Crippen molar-refractivity contribution in [2.24, 2.45) is 5.41 Å². The third-order valence-corrected chi connectivity index (χ3v) is 5.22. The van der Waals surface area contributed by atoms with Crippen LogP contribution in [0.15, 0.2) is 6.33 Å². The van der Waals surface area contributed by atoms with E-state index in [1.54, 1.807) is 22.2 Å². The Labute approximate surface area is 109 Å². The average Bonchev–Trinajstić information content (AvgIpc) is 3.03. The summed E-state index contributed by atoms with van der Waals surface area (Å²) in [6.07, 6.45) is 5.57. The lowest BCUT2D eigenvalue weighted by atomic mass is 9.78. The van der Waals surface area contributed by atoms with Gasteiger partial charge in [-0.2, -0.15) is 4.52 Å². The number of aromatic nitrogens is 4. The van der Waals surface area contributed by atoms with Gasteiger partial charge >= 0.3 is 0 Å². The smallest absolute Gasteiger partial charge is 0.236 e. The molecule has 0 amide bonds. The van der Waals surface area contributed by atoms with Crippen LogP contribution in [0.4, 0.5) is 5.13 Å². The minimum Gasteiger partial charge on any atom is -0.346 e. The molecule has 0 aliphatic carbocycles. The molecule has 2 aliphatic rings. The lowest BCUT2D eigenvalue weighted by molar-refractivity contribution is 0.232. The van der Waals surface area contributed by atoms with Gasteiger partial charge in [0.2, 0.25) is 10.1 Å². The molecule has 2 aromatic heterocycles. The van der Waals surface area contributed by atoms with Crippen LogP contribution in [0.25, 0.3) is 4.96 Å². The summed E-state index contributed by atoms with van der Waals surface area (Å²) in [5.41, 5.74) is 0.525. The maximum absolute atomic E-state index is 4.55. The largest absolute Gasteiger partial charge is 0.346 e. The molecular formula is C11H16N6S. The Bertz CT molecular complexity index is 526. The molecule has 0 bridgehead atoms. The summed E-state index contributed by atoms with van der Waals surface area (Å²) >= 11 is 1.64. The average molecular weight is 264 g/mol. The van der Waals surface area contributed by atoms with E-state index in [4.69, 9.17) is 0 Å². The molecule has 2 fully saturated rings. The van der Waals surface area contributed by atoms with E-state index in [2.05, 4.69) is 25.5 Å². The number of anilines is 1. The molecule has 2 aromatic rings. The van der Waals surface area contributed by atoms with Crippen LogP contribution >= 0.6 is 11.3 Å². The Morgan fingerprint density at radius 2 is 2.17 bits per heavy atom. The Hall–Kier alpha value is -1.21. The zero-order valence-electron chi connectivity index (χ0n) is 10.2. The molecule has 2 saturated heterocycles. The molecule has 18 heavy (non-hydrogen) atoms. The van der Waals surface area contributed by atoms with Gasteiger partial charge in [-0.05, 0) is 37.8 Å². The molecule has 0 aromatic carbocycles. The van der Waals surface area contributed by atoms with Crippen molar-refractivity contribution in [3.05, 3.63) is 6.33 Å². The fourth-order valence-electron chi connectivity index (χ4n) is 3.14. The van der Waals surface area contributed by atoms with Crippen LogP contribution in [0.3, 0.4) is 0 Å². The molecular weight excluding hydrogens is 248 g/mol. The molecule has 7 heteroatoms. The van der Waals surface area contributed by atoms with Crippen molar-refractivity contribution in [3.63, 3.8) is 0 Å². The monoisotopic (exact) mass is 264 g/mol. The predicted molar refractivity (Wildman–Crippen MR) is 70.0 cm³/mol. The number of nitrogens with one attached hydrogen (secondary N) is 1. The first kappa shape index (κ1) is 10.7. The SMILES string of the molecule is c1nnc2sc(N3CCC4(CCNCC4)C3)nn12. The number of hydrogen-bond donors (Lipinski definition) is 1. The summed E-state index contributed by atoms with van der Waals surface area (Å²) in [6, 6.07) is 0. The normalized spacial score (nSPS) is 23.2. The van der Waals surface area contributed by atoms with Gasteiger partial charge in [0.05, 0.1) is 0 Å². The van der Waals surface area contributed by atoms with E-state index in [-0.39, 0.29) is 0 Å². The van der Waals surface area contributed by atoms with Gasteiger partial charge in [0, 0.05) is 13.1 Å². The fraction of sp³-hybridized carbons (Fsp3) is 0.727. The Balaban J connectivity index is 1.58. The second kappa shape index (κ2) is 3.89. The maximum Gasteiger partial charge on any atom is 0.236 e.